The standard InChI is InChI=1S/C41H57N13O8/c1-61-38(59)32(22-28-23-46-25-49-28)52-35(56)31(21-26-11-4-2-5-12-26)51-36(57)33-17-10-20-54(33)37(58)30(16-9-19-48-40(44)45)50-34(55)29(15-8-18-47-39(42)43)53-41(60)62-24-27-13-6-3-7-14-27/h2-7,11-14,23,25,29-33H,8-10,15-22,24H2,1H3,(H,46,49)(H,50,55)(H,51,57)(H,52,56)(H,53,60)(H4,42,43,47)(H4,44,45,48). The largest absolute Gasteiger partial charge is 0.467 e. The number of amides is 5. The van der Waals surface area contributed by atoms with Gasteiger partial charge >= 0.3 is 12.1 Å². The number of nitrogens with two attached hydrogens (primary N) is 4. The molecule has 1 fully saturated rings. The molecule has 5 unspecified atom stereocenters. The number of carbonyl (C=O) groups is 6. The molecule has 0 radical (unpaired) electrons. The van der Waals surface area contributed by atoms with E-state index in [-0.39, 0.29) is 83.1 Å². The molecule has 3 aromatic rings. The topological polar surface area (TPSA) is 330 Å². The number of hydrogen-bond donors (Lipinski definition) is 9. The zero-order valence-electron chi connectivity index (χ0n) is 34.7. The molecule has 1 aromatic heterocycles. The number of benzene rings is 2. The summed E-state index contributed by atoms with van der Waals surface area (Å²) in [5.41, 5.74) is 24.0. The van der Waals surface area contributed by atoms with E-state index in [1.165, 1.54) is 24.5 Å². The van der Waals surface area contributed by atoms with Crippen LogP contribution in [0.5, 0.6) is 0 Å². The van der Waals surface area contributed by atoms with E-state index in [2.05, 4.69) is 41.2 Å². The molecule has 13 N–H and O–H groups in total. The van der Waals surface area contributed by atoms with Crippen LogP contribution < -0.4 is 44.2 Å². The highest BCUT2D eigenvalue weighted by atomic mass is 16.5. The number of alkyl carbamates (subject to hydrolysis) is 1. The summed E-state index contributed by atoms with van der Waals surface area (Å²) < 4.78 is 10.3. The zero-order chi connectivity index (χ0) is 44.9. The maximum absolute atomic E-state index is 14.4. The molecule has 5 amide bonds. The molecular weight excluding hydrogens is 803 g/mol. The number of likely N-dealkylation sites (tertiary alicyclic amines) is 1. The van der Waals surface area contributed by atoms with Gasteiger partial charge in [0.2, 0.25) is 23.6 Å². The number of carbonyl (C=O) groups excluding carboxylic acids is 6. The molecule has 1 aliphatic heterocycles. The molecule has 0 bridgehead atoms. The van der Waals surface area contributed by atoms with Gasteiger partial charge in [0, 0.05) is 44.4 Å². The Labute approximate surface area is 359 Å². The minimum Gasteiger partial charge on any atom is -0.467 e. The summed E-state index contributed by atoms with van der Waals surface area (Å²) in [5, 5.41) is 10.9. The van der Waals surface area contributed by atoms with Crippen molar-refractivity contribution in [1.29, 1.82) is 0 Å². The lowest BCUT2D eigenvalue weighted by Gasteiger charge is -2.31. The smallest absolute Gasteiger partial charge is 0.408 e. The zero-order valence-corrected chi connectivity index (χ0v) is 34.7. The summed E-state index contributed by atoms with van der Waals surface area (Å²) in [7, 11) is 1.20. The second-order valence-corrected chi connectivity index (χ2v) is 14.5. The molecule has 2 heterocycles. The number of nitrogens with zero attached hydrogens (tertiary/aromatic N) is 4. The third kappa shape index (κ3) is 15.8. The van der Waals surface area contributed by atoms with Crippen molar-refractivity contribution in [3.05, 3.63) is 90.0 Å². The lowest BCUT2D eigenvalue weighted by Crippen LogP contribution is -2.59. The van der Waals surface area contributed by atoms with Gasteiger partial charge in [-0.15, -0.1) is 0 Å². The number of H-pyrrole nitrogens is 1. The average Bonchev–Trinajstić information content (AvgIpc) is 3.98. The number of aromatic nitrogens is 2. The quantitative estimate of drug-likeness (QED) is 0.0245. The molecule has 0 aliphatic carbocycles. The van der Waals surface area contributed by atoms with Crippen molar-refractivity contribution in [2.24, 2.45) is 32.9 Å². The summed E-state index contributed by atoms with van der Waals surface area (Å²) >= 11 is 0. The predicted octanol–water partition coefficient (Wildman–Crippen LogP) is -0.785. The van der Waals surface area contributed by atoms with Crippen LogP contribution in [0.15, 0.2) is 83.2 Å². The lowest BCUT2D eigenvalue weighted by molar-refractivity contribution is -0.145. The number of aliphatic imine (C=N–C) groups is 2. The fraction of sp³-hybridized carbons (Fsp3) is 0.439. The number of guanidine groups is 2. The van der Waals surface area contributed by atoms with Crippen LogP contribution in [0, 0.1) is 0 Å². The summed E-state index contributed by atoms with van der Waals surface area (Å²) in [4.78, 5) is 98.3. The molecule has 1 saturated heterocycles. The Morgan fingerprint density at radius 1 is 0.774 bits per heavy atom. The number of hydrogen-bond acceptors (Lipinski definition) is 11. The van der Waals surface area contributed by atoms with Crippen LogP contribution >= 0.6 is 0 Å². The molecular formula is C41H57N13O8. The Morgan fingerprint density at radius 3 is 1.97 bits per heavy atom. The first kappa shape index (κ1) is 47.5. The first-order chi connectivity index (χ1) is 29.8. The molecule has 21 heteroatoms. The summed E-state index contributed by atoms with van der Waals surface area (Å²) in [5.74, 6) is -3.52. The monoisotopic (exact) mass is 859 g/mol. The highest BCUT2D eigenvalue weighted by Crippen LogP contribution is 2.21. The average molecular weight is 860 g/mol. The van der Waals surface area contributed by atoms with Crippen molar-refractivity contribution in [3.8, 4) is 0 Å². The van der Waals surface area contributed by atoms with Crippen LogP contribution in [0.2, 0.25) is 0 Å². The molecule has 1 aliphatic rings. The number of esters is 1. The fourth-order valence-electron chi connectivity index (χ4n) is 6.77. The van der Waals surface area contributed by atoms with Crippen LogP contribution in [-0.4, -0.2) is 119 Å². The predicted molar refractivity (Wildman–Crippen MR) is 228 cm³/mol. The Balaban J connectivity index is 1.53. The normalized spacial score (nSPS) is 15.1. The maximum atomic E-state index is 14.4. The minimum absolute atomic E-state index is 0.0487. The highest BCUT2D eigenvalue weighted by Gasteiger charge is 2.40. The first-order valence-corrected chi connectivity index (χ1v) is 20.2. The molecule has 2 aromatic carbocycles. The number of rotatable bonds is 23. The van der Waals surface area contributed by atoms with Gasteiger partial charge in [-0.3, -0.25) is 29.2 Å². The van der Waals surface area contributed by atoms with Gasteiger partial charge in [-0.25, -0.2) is 14.6 Å². The SMILES string of the molecule is COC(=O)C(Cc1cnc[nH]1)NC(=O)C(Cc1ccccc1)NC(=O)C1CCCN1C(=O)C(CCCN=C(N)N)NC(=O)C(CCCN=C(N)N)NC(=O)OCc1ccccc1. The summed E-state index contributed by atoms with van der Waals surface area (Å²) in [6.45, 7) is 0.424. The van der Waals surface area contributed by atoms with E-state index in [1.807, 2.05) is 12.1 Å². The van der Waals surface area contributed by atoms with Crippen molar-refractivity contribution in [1.82, 2.24) is 36.1 Å². The summed E-state index contributed by atoms with van der Waals surface area (Å²) in [6.07, 6.45) is 3.61. The van der Waals surface area contributed by atoms with E-state index in [0.717, 1.165) is 11.1 Å². The van der Waals surface area contributed by atoms with Crippen molar-refractivity contribution < 1.29 is 38.2 Å². The van der Waals surface area contributed by atoms with Crippen LogP contribution in [0.25, 0.3) is 0 Å². The molecule has 62 heavy (non-hydrogen) atoms. The van der Waals surface area contributed by atoms with Gasteiger partial charge < -0.3 is 63.6 Å². The summed E-state index contributed by atoms with van der Waals surface area (Å²) in [6, 6.07) is 12.3. The third-order valence-electron chi connectivity index (χ3n) is 9.86. The number of aromatic amines is 1. The number of ether oxygens (including phenoxy) is 2. The number of methoxy groups -OCH3 is 1. The minimum atomic E-state index is -1.18. The Bertz CT molecular complexity index is 1970. The maximum Gasteiger partial charge on any atom is 0.408 e. The van der Waals surface area contributed by atoms with Gasteiger partial charge in [0.05, 0.1) is 13.4 Å². The van der Waals surface area contributed by atoms with Crippen LogP contribution in [0.4, 0.5) is 4.79 Å². The van der Waals surface area contributed by atoms with Gasteiger partial charge in [0.15, 0.2) is 11.9 Å². The van der Waals surface area contributed by atoms with E-state index < -0.39 is 65.9 Å². The van der Waals surface area contributed by atoms with Crippen molar-refractivity contribution in [2.45, 2.75) is 88.2 Å². The Kier molecular flexibility index (Phi) is 19.0. The second-order valence-electron chi connectivity index (χ2n) is 14.5. The van der Waals surface area contributed by atoms with E-state index in [9.17, 15) is 28.8 Å². The van der Waals surface area contributed by atoms with Crippen molar-refractivity contribution in [2.75, 3.05) is 26.7 Å². The van der Waals surface area contributed by atoms with E-state index in [0.29, 0.717) is 12.1 Å². The van der Waals surface area contributed by atoms with Gasteiger partial charge in [0.25, 0.3) is 0 Å². The Morgan fingerprint density at radius 2 is 1.37 bits per heavy atom. The van der Waals surface area contributed by atoms with Crippen LogP contribution in [0.3, 0.4) is 0 Å². The number of imidazole rings is 1. The number of nitrogens with one attached hydrogen (secondary N) is 5. The van der Waals surface area contributed by atoms with E-state index >= 15 is 0 Å². The molecule has 0 spiro atoms. The second kappa shape index (κ2) is 24.8. The fourth-order valence-corrected chi connectivity index (χ4v) is 6.77. The van der Waals surface area contributed by atoms with Crippen molar-refractivity contribution in [3.63, 3.8) is 0 Å². The van der Waals surface area contributed by atoms with Gasteiger partial charge in [-0.05, 0) is 49.7 Å². The third-order valence-corrected chi connectivity index (χ3v) is 9.86. The lowest BCUT2D eigenvalue weighted by atomic mass is 10.0. The highest BCUT2D eigenvalue weighted by molar-refractivity contribution is 5.96. The van der Waals surface area contributed by atoms with Gasteiger partial charge in [-0.2, -0.15) is 0 Å². The van der Waals surface area contributed by atoms with Gasteiger partial charge in [0.1, 0.15) is 36.8 Å². The van der Waals surface area contributed by atoms with Crippen molar-refractivity contribution >= 4 is 47.6 Å². The molecule has 4 rings (SSSR count). The first-order valence-electron chi connectivity index (χ1n) is 20.2. The van der Waals surface area contributed by atoms with E-state index in [4.69, 9.17) is 32.4 Å². The Hall–Kier alpha value is -7.19. The van der Waals surface area contributed by atoms with Gasteiger partial charge in [-0.1, -0.05) is 60.7 Å². The molecule has 5 atom stereocenters. The molecule has 334 valence electrons. The molecule has 21 nitrogen and oxygen atoms in total. The van der Waals surface area contributed by atoms with Crippen LogP contribution in [0.1, 0.15) is 55.3 Å². The molecule has 0 saturated carbocycles. The van der Waals surface area contributed by atoms with Crippen LogP contribution in [-0.2, 0) is 52.9 Å². The van der Waals surface area contributed by atoms with E-state index in [1.54, 1.807) is 48.5 Å².